The molecule has 0 radical (unpaired) electrons. The van der Waals surface area contributed by atoms with Gasteiger partial charge < -0.3 is 0 Å². The minimum atomic E-state index is -0.0345. The van der Waals surface area contributed by atoms with Crippen LogP contribution < -0.4 is 0 Å². The molecule has 0 saturated heterocycles. The van der Waals surface area contributed by atoms with Gasteiger partial charge in [-0.15, -0.1) is 5.10 Å². The van der Waals surface area contributed by atoms with Gasteiger partial charge in [0.05, 0.1) is 11.2 Å². The van der Waals surface area contributed by atoms with Crippen molar-refractivity contribution in [3.63, 3.8) is 0 Å². The van der Waals surface area contributed by atoms with Crippen molar-refractivity contribution >= 4 is 28.2 Å². The highest BCUT2D eigenvalue weighted by molar-refractivity contribution is 7.08. The second kappa shape index (κ2) is 5.46. The Hall–Kier alpha value is -2.14. The highest BCUT2D eigenvalue weighted by atomic mass is 32.1. The zero-order valence-corrected chi connectivity index (χ0v) is 11.9. The summed E-state index contributed by atoms with van der Waals surface area (Å²) in [6, 6.07) is 9.47. The molecule has 2 heterocycles. The van der Waals surface area contributed by atoms with Crippen LogP contribution in [0.3, 0.4) is 0 Å². The van der Waals surface area contributed by atoms with Crippen LogP contribution in [-0.4, -0.2) is 20.4 Å². The number of rotatable bonds is 4. The summed E-state index contributed by atoms with van der Waals surface area (Å²) in [5.74, 6) is -0.0345. The topological polar surface area (TPSA) is 55.7 Å². The Morgan fingerprint density at radius 2 is 2.10 bits per heavy atom. The summed E-state index contributed by atoms with van der Waals surface area (Å²) in [4.78, 5) is 17.7. The van der Waals surface area contributed by atoms with Crippen molar-refractivity contribution in [2.45, 2.75) is 19.8 Å². The van der Waals surface area contributed by atoms with E-state index in [0.717, 1.165) is 41.0 Å². The molecule has 3 aromatic rings. The van der Waals surface area contributed by atoms with E-state index in [1.807, 2.05) is 30.3 Å². The molecule has 1 aromatic carbocycles. The lowest BCUT2D eigenvalue weighted by Crippen LogP contribution is -2.04. The van der Waals surface area contributed by atoms with Gasteiger partial charge in [0.25, 0.3) is 0 Å². The van der Waals surface area contributed by atoms with E-state index < -0.39 is 0 Å². The molecule has 4 nitrogen and oxygen atoms in total. The number of ketones is 1. The summed E-state index contributed by atoms with van der Waals surface area (Å²) in [6.07, 6.45) is 3.42. The van der Waals surface area contributed by atoms with Crippen LogP contribution in [0.1, 0.15) is 34.3 Å². The summed E-state index contributed by atoms with van der Waals surface area (Å²) < 4.78 is 3.92. The van der Waals surface area contributed by atoms with Crippen molar-refractivity contribution in [2.24, 2.45) is 0 Å². The minimum absolute atomic E-state index is 0.0345. The molecule has 20 heavy (non-hydrogen) atoms. The standard InChI is InChI=1S/C15H13N3OS/c1-2-5-12-15(20-18-17-12)14(19)11-8-3-6-10-7-4-9-16-13(10)11/h3-4,6-9H,2,5H2,1H3. The Morgan fingerprint density at radius 1 is 1.25 bits per heavy atom. The maximum absolute atomic E-state index is 12.7. The monoisotopic (exact) mass is 283 g/mol. The van der Waals surface area contributed by atoms with Crippen LogP contribution in [0.5, 0.6) is 0 Å². The molecule has 0 aliphatic carbocycles. The van der Waals surface area contributed by atoms with E-state index in [2.05, 4.69) is 21.5 Å². The highest BCUT2D eigenvalue weighted by Crippen LogP contribution is 2.22. The number of nitrogens with zero attached hydrogens (tertiary/aromatic N) is 3. The molecule has 0 unspecified atom stereocenters. The molecule has 0 saturated carbocycles. The first-order valence-corrected chi connectivity index (χ1v) is 7.28. The lowest BCUT2D eigenvalue weighted by atomic mass is 10.0. The average Bonchev–Trinajstić information content (AvgIpc) is 2.94. The Bertz CT molecular complexity index is 761. The third-order valence-corrected chi connectivity index (χ3v) is 3.89. The fourth-order valence-corrected chi connectivity index (χ4v) is 2.85. The van der Waals surface area contributed by atoms with E-state index in [1.54, 1.807) is 6.20 Å². The molecule has 0 fully saturated rings. The number of aryl methyl sites for hydroxylation is 1. The van der Waals surface area contributed by atoms with E-state index in [1.165, 1.54) is 0 Å². The second-order valence-corrected chi connectivity index (χ2v) is 5.26. The van der Waals surface area contributed by atoms with E-state index in [0.29, 0.717) is 10.4 Å². The minimum Gasteiger partial charge on any atom is -0.287 e. The predicted octanol–water partition coefficient (Wildman–Crippen LogP) is 3.27. The van der Waals surface area contributed by atoms with Gasteiger partial charge in [-0.25, -0.2) is 0 Å². The number of aromatic nitrogens is 3. The molecular formula is C15H13N3OS. The van der Waals surface area contributed by atoms with E-state index in [9.17, 15) is 4.79 Å². The molecule has 0 bridgehead atoms. The molecule has 0 amide bonds. The van der Waals surface area contributed by atoms with Gasteiger partial charge >= 0.3 is 0 Å². The van der Waals surface area contributed by atoms with Crippen LogP contribution in [-0.2, 0) is 6.42 Å². The lowest BCUT2D eigenvalue weighted by Gasteiger charge is -2.04. The number of pyridine rings is 1. The van der Waals surface area contributed by atoms with Gasteiger partial charge in [-0.05, 0) is 30.1 Å². The van der Waals surface area contributed by atoms with Gasteiger partial charge in [0.15, 0.2) is 0 Å². The van der Waals surface area contributed by atoms with Crippen molar-refractivity contribution in [2.75, 3.05) is 0 Å². The molecule has 0 aliphatic rings. The molecule has 0 aliphatic heterocycles. The molecule has 0 N–H and O–H groups in total. The molecular weight excluding hydrogens is 270 g/mol. The largest absolute Gasteiger partial charge is 0.287 e. The van der Waals surface area contributed by atoms with Gasteiger partial charge in [0.1, 0.15) is 4.88 Å². The zero-order chi connectivity index (χ0) is 13.9. The average molecular weight is 283 g/mol. The van der Waals surface area contributed by atoms with Gasteiger partial charge in [-0.2, -0.15) is 0 Å². The first-order valence-electron chi connectivity index (χ1n) is 6.51. The Balaban J connectivity index is 2.11. The Kier molecular flexibility index (Phi) is 3.52. The van der Waals surface area contributed by atoms with Gasteiger partial charge in [0, 0.05) is 17.1 Å². The van der Waals surface area contributed by atoms with Crippen molar-refractivity contribution in [3.05, 3.63) is 52.7 Å². The number of para-hydroxylation sites is 1. The quantitative estimate of drug-likeness (QED) is 0.690. The number of benzene rings is 1. The maximum atomic E-state index is 12.7. The van der Waals surface area contributed by atoms with Crippen LogP contribution >= 0.6 is 11.5 Å². The van der Waals surface area contributed by atoms with Gasteiger partial charge in [-0.3, -0.25) is 9.78 Å². The van der Waals surface area contributed by atoms with Crippen LogP contribution in [0.2, 0.25) is 0 Å². The lowest BCUT2D eigenvalue weighted by molar-refractivity contribution is 0.104. The van der Waals surface area contributed by atoms with Crippen LogP contribution in [0, 0.1) is 0 Å². The second-order valence-electron chi connectivity index (χ2n) is 4.51. The third kappa shape index (κ3) is 2.20. The summed E-state index contributed by atoms with van der Waals surface area (Å²) >= 11 is 1.16. The molecule has 3 rings (SSSR count). The third-order valence-electron chi connectivity index (χ3n) is 3.13. The normalized spacial score (nSPS) is 10.8. The van der Waals surface area contributed by atoms with Crippen molar-refractivity contribution in [3.8, 4) is 0 Å². The molecule has 0 atom stereocenters. The SMILES string of the molecule is CCCc1nnsc1C(=O)c1cccc2cccnc12. The molecule has 5 heteroatoms. The number of hydrogen-bond acceptors (Lipinski definition) is 5. The summed E-state index contributed by atoms with van der Waals surface area (Å²) in [6.45, 7) is 2.06. The predicted molar refractivity (Wildman–Crippen MR) is 79.1 cm³/mol. The smallest absolute Gasteiger partial charge is 0.208 e. The first kappa shape index (κ1) is 12.9. The van der Waals surface area contributed by atoms with Crippen molar-refractivity contribution in [1.82, 2.24) is 14.6 Å². The summed E-state index contributed by atoms with van der Waals surface area (Å²) in [5, 5.41) is 5.03. The van der Waals surface area contributed by atoms with E-state index in [4.69, 9.17) is 0 Å². The maximum Gasteiger partial charge on any atom is 0.208 e. The molecule has 2 aromatic heterocycles. The fourth-order valence-electron chi connectivity index (χ4n) is 2.19. The van der Waals surface area contributed by atoms with Crippen LogP contribution in [0.15, 0.2) is 36.5 Å². The fraction of sp³-hybridized carbons (Fsp3) is 0.200. The Labute approximate surface area is 120 Å². The zero-order valence-electron chi connectivity index (χ0n) is 11.0. The van der Waals surface area contributed by atoms with Crippen LogP contribution in [0.4, 0.5) is 0 Å². The number of carbonyl (C=O) groups is 1. The summed E-state index contributed by atoms with van der Waals surface area (Å²) in [5.41, 5.74) is 2.14. The first-order chi connectivity index (χ1) is 9.81. The molecule has 0 spiro atoms. The molecule has 100 valence electrons. The van der Waals surface area contributed by atoms with Crippen molar-refractivity contribution < 1.29 is 4.79 Å². The summed E-state index contributed by atoms with van der Waals surface area (Å²) in [7, 11) is 0. The van der Waals surface area contributed by atoms with E-state index in [-0.39, 0.29) is 5.78 Å². The van der Waals surface area contributed by atoms with Gasteiger partial charge in [-0.1, -0.05) is 36.0 Å². The van der Waals surface area contributed by atoms with Crippen LogP contribution in [0.25, 0.3) is 10.9 Å². The van der Waals surface area contributed by atoms with Crippen molar-refractivity contribution in [1.29, 1.82) is 0 Å². The number of fused-ring (bicyclic) bond motifs is 1. The number of hydrogen-bond donors (Lipinski definition) is 0. The Morgan fingerprint density at radius 3 is 2.95 bits per heavy atom. The van der Waals surface area contributed by atoms with E-state index >= 15 is 0 Å². The van der Waals surface area contributed by atoms with Gasteiger partial charge in [0.2, 0.25) is 5.78 Å². The highest BCUT2D eigenvalue weighted by Gasteiger charge is 2.19. The number of carbonyl (C=O) groups excluding carboxylic acids is 1.